The maximum atomic E-state index is 13.8. The Balaban J connectivity index is 1.76. The fourth-order valence-electron chi connectivity index (χ4n) is 5.11. The summed E-state index contributed by atoms with van der Waals surface area (Å²) in [6.07, 6.45) is 3.54. The molecule has 2 aromatic rings. The lowest BCUT2D eigenvalue weighted by molar-refractivity contribution is -0.144. The summed E-state index contributed by atoms with van der Waals surface area (Å²) in [5.74, 6) is 0.471. The van der Waals surface area contributed by atoms with Crippen LogP contribution in [0.1, 0.15) is 63.0 Å². The van der Waals surface area contributed by atoms with Gasteiger partial charge in [0.25, 0.3) is 0 Å². The van der Waals surface area contributed by atoms with Gasteiger partial charge in [0.15, 0.2) is 17.3 Å². The molecule has 3 atom stereocenters. The van der Waals surface area contributed by atoms with Crippen LogP contribution in [-0.2, 0) is 14.3 Å². The first-order chi connectivity index (χ1) is 17.8. The SMILES string of the molecule is CC[C@@H](C)OC(=O)C1=C(C)NC2=C(C(=O)C[C@@H](c3ccc(OC)c(OC)c3)C2)[C@H]1c1ccc(SC)cc1. The standard InChI is InChI=1S/C30H35NO5S/c1-7-17(2)36-30(33)27-18(3)31-23-14-21(20-10-13-25(34-4)26(16-20)35-5)15-24(32)29(23)28(27)19-8-11-22(37-6)12-9-19/h8-13,16-17,21,28,31H,7,14-15H2,1-6H3/t17-,21+,28+/m1/s1. The highest BCUT2D eigenvalue weighted by atomic mass is 32.2. The lowest BCUT2D eigenvalue weighted by atomic mass is 9.71. The number of hydrogen-bond acceptors (Lipinski definition) is 7. The molecule has 1 aliphatic heterocycles. The number of dihydropyridines is 1. The zero-order valence-corrected chi connectivity index (χ0v) is 23.2. The first kappa shape index (κ1) is 26.9. The van der Waals surface area contributed by atoms with E-state index in [1.807, 2.05) is 69.5 Å². The number of rotatable bonds is 8. The van der Waals surface area contributed by atoms with Gasteiger partial charge in [0.2, 0.25) is 0 Å². The Labute approximate surface area is 223 Å². The monoisotopic (exact) mass is 521 g/mol. The number of carbonyl (C=O) groups is 2. The number of nitrogens with one attached hydrogen (secondary N) is 1. The second kappa shape index (κ2) is 11.5. The molecule has 6 nitrogen and oxygen atoms in total. The highest BCUT2D eigenvalue weighted by Gasteiger charge is 2.41. The van der Waals surface area contributed by atoms with Crippen LogP contribution in [0.4, 0.5) is 0 Å². The first-order valence-corrected chi connectivity index (χ1v) is 13.8. The number of esters is 1. The molecular formula is C30H35NO5S. The van der Waals surface area contributed by atoms with Crippen molar-refractivity contribution in [2.24, 2.45) is 0 Å². The molecule has 1 aliphatic carbocycles. The van der Waals surface area contributed by atoms with E-state index in [2.05, 4.69) is 5.32 Å². The Kier molecular flexibility index (Phi) is 8.32. The summed E-state index contributed by atoms with van der Waals surface area (Å²) in [5, 5.41) is 3.42. The van der Waals surface area contributed by atoms with E-state index in [0.29, 0.717) is 35.5 Å². The van der Waals surface area contributed by atoms with Crippen LogP contribution in [0.5, 0.6) is 11.5 Å². The van der Waals surface area contributed by atoms with Crippen LogP contribution >= 0.6 is 11.8 Å². The van der Waals surface area contributed by atoms with Gasteiger partial charge in [-0.15, -0.1) is 11.8 Å². The highest BCUT2D eigenvalue weighted by molar-refractivity contribution is 7.98. The second-order valence-corrected chi connectivity index (χ2v) is 10.4. The molecular weight excluding hydrogens is 486 g/mol. The molecule has 4 rings (SSSR count). The van der Waals surface area contributed by atoms with Crippen molar-refractivity contribution in [1.29, 1.82) is 0 Å². The summed E-state index contributed by atoms with van der Waals surface area (Å²) in [5.41, 5.74) is 4.70. The van der Waals surface area contributed by atoms with Crippen molar-refractivity contribution in [3.8, 4) is 11.5 Å². The molecule has 0 saturated carbocycles. The Morgan fingerprint density at radius 1 is 1.05 bits per heavy atom. The predicted octanol–water partition coefficient (Wildman–Crippen LogP) is 6.13. The number of Topliss-reactive ketones (excluding diaryl/α,β-unsaturated/α-hetero) is 1. The number of methoxy groups -OCH3 is 2. The molecule has 37 heavy (non-hydrogen) atoms. The van der Waals surface area contributed by atoms with E-state index >= 15 is 0 Å². The van der Waals surface area contributed by atoms with Gasteiger partial charge in [-0.2, -0.15) is 0 Å². The van der Waals surface area contributed by atoms with Gasteiger partial charge in [0.1, 0.15) is 0 Å². The molecule has 196 valence electrons. The molecule has 1 heterocycles. The van der Waals surface area contributed by atoms with Crippen LogP contribution in [0.25, 0.3) is 0 Å². The molecule has 0 fully saturated rings. The predicted molar refractivity (Wildman–Crippen MR) is 146 cm³/mol. The molecule has 1 N–H and O–H groups in total. The Morgan fingerprint density at radius 3 is 2.35 bits per heavy atom. The molecule has 0 radical (unpaired) electrons. The maximum absolute atomic E-state index is 13.8. The minimum atomic E-state index is -0.470. The van der Waals surface area contributed by atoms with Crippen LogP contribution in [-0.4, -0.2) is 38.3 Å². The number of hydrogen-bond donors (Lipinski definition) is 1. The van der Waals surface area contributed by atoms with E-state index < -0.39 is 5.92 Å². The number of ketones is 1. The van der Waals surface area contributed by atoms with Crippen molar-refractivity contribution in [2.75, 3.05) is 20.5 Å². The van der Waals surface area contributed by atoms with E-state index in [1.54, 1.807) is 26.0 Å². The van der Waals surface area contributed by atoms with Crippen LogP contribution < -0.4 is 14.8 Å². The number of ether oxygens (including phenoxy) is 3. The molecule has 2 aromatic carbocycles. The van der Waals surface area contributed by atoms with Crippen molar-refractivity contribution in [1.82, 2.24) is 5.32 Å². The summed E-state index contributed by atoms with van der Waals surface area (Å²) in [7, 11) is 3.22. The molecule has 0 saturated heterocycles. The highest BCUT2D eigenvalue weighted by Crippen LogP contribution is 2.46. The third-order valence-corrected chi connectivity index (χ3v) is 8.00. The normalized spacial score (nSPS) is 20.2. The van der Waals surface area contributed by atoms with E-state index in [-0.39, 0.29) is 23.8 Å². The molecule has 7 heteroatoms. The van der Waals surface area contributed by atoms with Crippen LogP contribution in [0.2, 0.25) is 0 Å². The number of thioether (sulfide) groups is 1. The fraction of sp³-hybridized carbons (Fsp3) is 0.400. The summed E-state index contributed by atoms with van der Waals surface area (Å²) in [4.78, 5) is 28.3. The minimum absolute atomic E-state index is 0.0144. The third-order valence-electron chi connectivity index (χ3n) is 7.26. The molecule has 0 bridgehead atoms. The maximum Gasteiger partial charge on any atom is 0.337 e. The van der Waals surface area contributed by atoms with Crippen LogP contribution in [0.15, 0.2) is 69.9 Å². The van der Waals surface area contributed by atoms with E-state index in [1.165, 1.54) is 0 Å². The van der Waals surface area contributed by atoms with Crippen molar-refractivity contribution < 1.29 is 23.8 Å². The van der Waals surface area contributed by atoms with E-state index in [0.717, 1.165) is 33.8 Å². The molecule has 0 amide bonds. The van der Waals surface area contributed by atoms with Crippen molar-refractivity contribution in [3.63, 3.8) is 0 Å². The largest absolute Gasteiger partial charge is 0.493 e. The second-order valence-electron chi connectivity index (χ2n) is 9.53. The van der Waals surface area contributed by atoms with Gasteiger partial charge < -0.3 is 19.5 Å². The lowest BCUT2D eigenvalue weighted by Crippen LogP contribution is -2.36. The first-order valence-electron chi connectivity index (χ1n) is 12.6. The Hall–Kier alpha value is -3.19. The van der Waals surface area contributed by atoms with Crippen LogP contribution in [0.3, 0.4) is 0 Å². The third kappa shape index (κ3) is 5.42. The van der Waals surface area contributed by atoms with E-state index in [9.17, 15) is 9.59 Å². The van der Waals surface area contributed by atoms with Gasteiger partial charge >= 0.3 is 5.97 Å². The summed E-state index contributed by atoms with van der Waals surface area (Å²) < 4.78 is 16.6. The van der Waals surface area contributed by atoms with Crippen LogP contribution in [0, 0.1) is 0 Å². The van der Waals surface area contributed by atoms with Gasteiger partial charge in [-0.3, -0.25) is 4.79 Å². The summed E-state index contributed by atoms with van der Waals surface area (Å²) >= 11 is 1.66. The molecule has 0 unspecified atom stereocenters. The van der Waals surface area contributed by atoms with Gasteiger partial charge in [-0.1, -0.05) is 25.1 Å². The number of carbonyl (C=O) groups excluding carboxylic acids is 2. The topological polar surface area (TPSA) is 73.9 Å². The van der Waals surface area contributed by atoms with Gasteiger partial charge in [-0.05, 0) is 74.3 Å². The summed E-state index contributed by atoms with van der Waals surface area (Å²) in [6.45, 7) is 5.76. The van der Waals surface area contributed by atoms with Crippen molar-refractivity contribution in [3.05, 3.63) is 76.1 Å². The zero-order chi connectivity index (χ0) is 26.7. The van der Waals surface area contributed by atoms with Gasteiger partial charge in [-0.25, -0.2) is 4.79 Å². The smallest absolute Gasteiger partial charge is 0.337 e. The molecule has 0 spiro atoms. The Bertz CT molecular complexity index is 1250. The molecule has 0 aromatic heterocycles. The number of allylic oxidation sites excluding steroid dienone is 3. The fourth-order valence-corrected chi connectivity index (χ4v) is 5.52. The zero-order valence-electron chi connectivity index (χ0n) is 22.3. The quantitative estimate of drug-likeness (QED) is 0.331. The summed E-state index contributed by atoms with van der Waals surface area (Å²) in [6, 6.07) is 13.9. The Morgan fingerprint density at radius 2 is 1.73 bits per heavy atom. The average molecular weight is 522 g/mol. The van der Waals surface area contributed by atoms with Crippen molar-refractivity contribution >= 4 is 23.5 Å². The molecule has 2 aliphatic rings. The van der Waals surface area contributed by atoms with Crippen molar-refractivity contribution in [2.45, 2.75) is 62.9 Å². The van der Waals surface area contributed by atoms with Gasteiger partial charge in [0, 0.05) is 34.2 Å². The number of benzene rings is 2. The van der Waals surface area contributed by atoms with Gasteiger partial charge in [0.05, 0.1) is 25.9 Å². The average Bonchev–Trinajstić information content (AvgIpc) is 2.91. The van der Waals surface area contributed by atoms with E-state index in [4.69, 9.17) is 14.2 Å². The lowest BCUT2D eigenvalue weighted by Gasteiger charge is -2.37. The minimum Gasteiger partial charge on any atom is -0.493 e.